The first kappa shape index (κ1) is 20.8. The number of hydrogen-bond donors (Lipinski definition) is 0. The Kier molecular flexibility index (Phi) is 6.32. The number of nitrogens with zero attached hydrogens (tertiary/aromatic N) is 2. The summed E-state index contributed by atoms with van der Waals surface area (Å²) < 4.78 is 22.5. The molecule has 0 saturated carbocycles. The first-order chi connectivity index (χ1) is 14.6. The fourth-order valence-corrected chi connectivity index (χ4v) is 3.99. The summed E-state index contributed by atoms with van der Waals surface area (Å²) in [5.74, 6) is 2.59. The van der Waals surface area contributed by atoms with Crippen LogP contribution in [0.5, 0.6) is 23.0 Å². The summed E-state index contributed by atoms with van der Waals surface area (Å²) in [5.41, 5.74) is 1.77. The number of morpholine rings is 1. The number of amides is 1. The fraction of sp³-hybridized carbons (Fsp3) is 0.409. The Labute approximate surface area is 181 Å². The van der Waals surface area contributed by atoms with E-state index in [0.29, 0.717) is 67.4 Å². The van der Waals surface area contributed by atoms with Crippen LogP contribution in [0.15, 0.2) is 30.3 Å². The van der Waals surface area contributed by atoms with Crippen LogP contribution in [0.3, 0.4) is 0 Å². The lowest BCUT2D eigenvalue weighted by molar-refractivity contribution is -0.136. The molecule has 1 saturated heterocycles. The summed E-state index contributed by atoms with van der Waals surface area (Å²) in [5, 5.41) is 0.611. The van der Waals surface area contributed by atoms with E-state index in [1.807, 2.05) is 35.2 Å². The third-order valence-electron chi connectivity index (χ3n) is 5.36. The normalized spacial score (nSPS) is 16.6. The Morgan fingerprint density at radius 1 is 1.07 bits per heavy atom. The second-order valence-corrected chi connectivity index (χ2v) is 7.68. The van der Waals surface area contributed by atoms with Crippen LogP contribution in [-0.2, 0) is 22.6 Å². The van der Waals surface area contributed by atoms with Crippen molar-refractivity contribution < 1.29 is 23.7 Å². The van der Waals surface area contributed by atoms with Crippen LogP contribution < -0.4 is 14.2 Å². The molecule has 0 spiro atoms. The first-order valence-electron chi connectivity index (χ1n) is 9.87. The van der Waals surface area contributed by atoms with Gasteiger partial charge in [-0.3, -0.25) is 9.69 Å². The van der Waals surface area contributed by atoms with Crippen molar-refractivity contribution in [2.75, 3.05) is 47.1 Å². The van der Waals surface area contributed by atoms with Gasteiger partial charge in [-0.2, -0.15) is 0 Å². The number of rotatable bonds is 4. The lowest BCUT2D eigenvalue weighted by atomic mass is 10.1. The zero-order chi connectivity index (χ0) is 21.1. The van der Waals surface area contributed by atoms with Crippen LogP contribution in [0.4, 0.5) is 0 Å². The molecule has 2 aliphatic rings. The van der Waals surface area contributed by atoms with E-state index in [9.17, 15) is 4.79 Å². The average Bonchev–Trinajstić information content (AvgIpc) is 2.75. The monoisotopic (exact) mass is 432 g/mol. The number of fused-ring (bicyclic) bond motifs is 2. The van der Waals surface area contributed by atoms with E-state index >= 15 is 0 Å². The molecule has 30 heavy (non-hydrogen) atoms. The molecule has 1 amide bonds. The number of benzene rings is 2. The van der Waals surface area contributed by atoms with Crippen molar-refractivity contribution in [3.8, 4) is 23.0 Å². The topological polar surface area (TPSA) is 60.5 Å². The minimum atomic E-state index is 0.0791. The van der Waals surface area contributed by atoms with Gasteiger partial charge in [0, 0.05) is 48.4 Å². The average molecular weight is 433 g/mol. The van der Waals surface area contributed by atoms with Gasteiger partial charge < -0.3 is 23.8 Å². The van der Waals surface area contributed by atoms with Crippen molar-refractivity contribution in [1.82, 2.24) is 9.80 Å². The van der Waals surface area contributed by atoms with Crippen LogP contribution in [0.25, 0.3) is 0 Å². The van der Waals surface area contributed by atoms with Gasteiger partial charge in [0.25, 0.3) is 0 Å². The summed E-state index contributed by atoms with van der Waals surface area (Å²) in [4.78, 5) is 16.8. The molecule has 2 aromatic carbocycles. The summed E-state index contributed by atoms with van der Waals surface area (Å²) in [7, 11) is 3.19. The smallest absolute Gasteiger partial charge is 0.236 e. The molecular weight excluding hydrogens is 408 g/mol. The fourth-order valence-electron chi connectivity index (χ4n) is 3.76. The number of carbonyl (C=O) groups is 1. The largest absolute Gasteiger partial charge is 0.493 e. The minimum absolute atomic E-state index is 0.0791. The maximum Gasteiger partial charge on any atom is 0.236 e. The molecule has 4 rings (SSSR count). The molecule has 2 heterocycles. The van der Waals surface area contributed by atoms with Gasteiger partial charge in [-0.15, -0.1) is 0 Å². The Morgan fingerprint density at radius 2 is 1.80 bits per heavy atom. The zero-order valence-corrected chi connectivity index (χ0v) is 17.9. The molecule has 2 aliphatic heterocycles. The molecule has 0 N–H and O–H groups in total. The van der Waals surface area contributed by atoms with Crippen LogP contribution in [-0.4, -0.2) is 62.8 Å². The van der Waals surface area contributed by atoms with Crippen LogP contribution in [0.2, 0.25) is 5.02 Å². The second kappa shape index (κ2) is 9.12. The van der Waals surface area contributed by atoms with E-state index in [-0.39, 0.29) is 12.5 Å². The van der Waals surface area contributed by atoms with Gasteiger partial charge in [0.15, 0.2) is 11.5 Å². The van der Waals surface area contributed by atoms with Crippen LogP contribution in [0, 0.1) is 0 Å². The van der Waals surface area contributed by atoms with E-state index in [2.05, 4.69) is 4.90 Å². The molecule has 0 radical (unpaired) electrons. The Balaban J connectivity index is 1.69. The summed E-state index contributed by atoms with van der Waals surface area (Å²) in [6, 6.07) is 9.28. The molecule has 0 bridgehead atoms. The van der Waals surface area contributed by atoms with Gasteiger partial charge in [0.1, 0.15) is 11.5 Å². The van der Waals surface area contributed by atoms with Crippen molar-refractivity contribution in [1.29, 1.82) is 0 Å². The SMILES string of the molecule is COc1cc2c(cc1OC)Oc1cccc(Cl)c1CN(CC(=O)N1CCOCC1)C2. The van der Waals surface area contributed by atoms with E-state index in [0.717, 1.165) is 11.1 Å². The van der Waals surface area contributed by atoms with Crippen LogP contribution >= 0.6 is 11.6 Å². The lowest BCUT2D eigenvalue weighted by Crippen LogP contribution is -2.45. The van der Waals surface area contributed by atoms with Crippen molar-refractivity contribution in [3.63, 3.8) is 0 Å². The zero-order valence-electron chi connectivity index (χ0n) is 17.2. The van der Waals surface area contributed by atoms with Crippen molar-refractivity contribution in [2.24, 2.45) is 0 Å². The maximum atomic E-state index is 12.9. The highest BCUT2D eigenvalue weighted by molar-refractivity contribution is 6.31. The highest BCUT2D eigenvalue weighted by Crippen LogP contribution is 2.41. The number of methoxy groups -OCH3 is 2. The predicted molar refractivity (Wildman–Crippen MR) is 113 cm³/mol. The van der Waals surface area contributed by atoms with E-state index in [4.69, 9.17) is 30.5 Å². The van der Waals surface area contributed by atoms with Gasteiger partial charge in [-0.25, -0.2) is 0 Å². The van der Waals surface area contributed by atoms with Gasteiger partial charge in [-0.1, -0.05) is 17.7 Å². The minimum Gasteiger partial charge on any atom is -0.493 e. The molecule has 160 valence electrons. The molecule has 0 aromatic heterocycles. The van der Waals surface area contributed by atoms with Crippen molar-refractivity contribution in [2.45, 2.75) is 13.1 Å². The summed E-state index contributed by atoms with van der Waals surface area (Å²) in [6.45, 7) is 3.68. The Hall–Kier alpha value is -2.48. The van der Waals surface area contributed by atoms with Crippen molar-refractivity contribution >= 4 is 17.5 Å². The number of carbonyl (C=O) groups excluding carboxylic acids is 1. The maximum absolute atomic E-state index is 12.9. The van der Waals surface area contributed by atoms with E-state index in [1.165, 1.54) is 0 Å². The molecule has 2 aromatic rings. The van der Waals surface area contributed by atoms with Gasteiger partial charge >= 0.3 is 0 Å². The quantitative estimate of drug-likeness (QED) is 0.738. The third-order valence-corrected chi connectivity index (χ3v) is 5.71. The number of hydrogen-bond acceptors (Lipinski definition) is 6. The molecule has 0 unspecified atom stereocenters. The summed E-state index contributed by atoms with van der Waals surface area (Å²) in [6.07, 6.45) is 0. The van der Waals surface area contributed by atoms with Gasteiger partial charge in [0.2, 0.25) is 5.91 Å². The van der Waals surface area contributed by atoms with Gasteiger partial charge in [-0.05, 0) is 18.2 Å². The predicted octanol–water partition coefficient (Wildman–Crippen LogP) is 3.32. The molecule has 1 fully saturated rings. The molecule has 8 heteroatoms. The Morgan fingerprint density at radius 3 is 2.53 bits per heavy atom. The van der Waals surface area contributed by atoms with Crippen molar-refractivity contribution in [3.05, 3.63) is 46.5 Å². The van der Waals surface area contributed by atoms with E-state index in [1.54, 1.807) is 14.2 Å². The standard InChI is InChI=1S/C22H25ClN2O5/c1-27-20-10-15-12-24(14-22(26)25-6-8-29-9-7-25)13-16-17(23)4-3-5-18(16)30-19(15)11-21(20)28-2/h3-5,10-11H,6-9,12-14H2,1-2H3. The first-order valence-corrected chi connectivity index (χ1v) is 10.2. The summed E-state index contributed by atoms with van der Waals surface area (Å²) >= 11 is 6.49. The Bertz CT molecular complexity index is 930. The van der Waals surface area contributed by atoms with E-state index < -0.39 is 0 Å². The number of ether oxygens (including phenoxy) is 4. The third kappa shape index (κ3) is 4.33. The lowest BCUT2D eigenvalue weighted by Gasteiger charge is -2.32. The van der Waals surface area contributed by atoms with Gasteiger partial charge in [0.05, 0.1) is 34.0 Å². The highest BCUT2D eigenvalue weighted by atomic mass is 35.5. The highest BCUT2D eigenvalue weighted by Gasteiger charge is 2.26. The molecule has 0 atom stereocenters. The number of halogens is 1. The van der Waals surface area contributed by atoms with Crippen LogP contribution in [0.1, 0.15) is 11.1 Å². The molecule has 7 nitrogen and oxygen atoms in total. The molecular formula is C22H25ClN2O5. The molecule has 0 aliphatic carbocycles. The second-order valence-electron chi connectivity index (χ2n) is 7.27.